The Kier molecular flexibility index (Phi) is 5.81. The Morgan fingerprint density at radius 2 is 1.85 bits per heavy atom. The average Bonchev–Trinajstić information content (AvgIpc) is 3.43. The molecule has 1 saturated heterocycles. The van der Waals surface area contributed by atoms with E-state index in [9.17, 15) is 26.4 Å². The van der Waals surface area contributed by atoms with Crippen LogP contribution in [0.15, 0.2) is 42.5 Å². The molecule has 1 aliphatic carbocycles. The zero-order chi connectivity index (χ0) is 24.2. The van der Waals surface area contributed by atoms with Crippen LogP contribution in [0, 0.1) is 17.0 Å². The number of sulfonamides is 1. The molecule has 1 saturated carbocycles. The number of nitrogens with one attached hydrogen (secondary N) is 1. The molecule has 0 unspecified atom stereocenters. The number of alkyl halides is 2. The average molecular weight is 485 g/mol. The monoisotopic (exact) mass is 484 g/mol. The Morgan fingerprint density at radius 3 is 2.42 bits per heavy atom. The van der Waals surface area contributed by atoms with Gasteiger partial charge in [-0.05, 0) is 42.5 Å². The standard InChI is InChI=1S/C23H24F4N2O3S/c1-22(26,27)21(30)29-13-23(9-10-23)20(28-33(2,31)32)18(29)12-15-6-4-8-17(19(15)25)14-5-3-7-16(24)11-14/h3-8,11,18,20,28H,9-10,12-13H2,1-2H3/t18-,20+/m0/s1. The molecule has 2 aliphatic rings. The molecule has 10 heteroatoms. The summed E-state index contributed by atoms with van der Waals surface area (Å²) in [6.07, 6.45) is 1.93. The lowest BCUT2D eigenvalue weighted by atomic mass is 9.91. The number of benzene rings is 2. The third kappa shape index (κ3) is 4.77. The zero-order valence-corrected chi connectivity index (χ0v) is 18.9. The number of carbonyl (C=O) groups excluding carboxylic acids is 1. The molecule has 1 aliphatic heterocycles. The summed E-state index contributed by atoms with van der Waals surface area (Å²) in [5.41, 5.74) is -0.0987. The Labute approximate surface area is 189 Å². The molecular weight excluding hydrogens is 460 g/mol. The van der Waals surface area contributed by atoms with Gasteiger partial charge in [0, 0.05) is 30.5 Å². The first-order chi connectivity index (χ1) is 15.3. The van der Waals surface area contributed by atoms with E-state index in [0.29, 0.717) is 25.3 Å². The van der Waals surface area contributed by atoms with Crippen LogP contribution in [0.4, 0.5) is 17.6 Å². The molecule has 1 amide bonds. The first-order valence-corrected chi connectivity index (χ1v) is 12.4. The number of amides is 1. The molecule has 2 aromatic rings. The molecule has 0 bridgehead atoms. The van der Waals surface area contributed by atoms with Crippen LogP contribution in [0.2, 0.25) is 0 Å². The van der Waals surface area contributed by atoms with E-state index in [2.05, 4.69) is 4.72 Å². The second kappa shape index (κ2) is 8.09. The van der Waals surface area contributed by atoms with Crippen molar-refractivity contribution >= 4 is 15.9 Å². The third-order valence-electron chi connectivity index (χ3n) is 6.44. The number of carbonyl (C=O) groups is 1. The van der Waals surface area contributed by atoms with Crippen molar-refractivity contribution in [2.24, 2.45) is 5.41 Å². The molecule has 5 nitrogen and oxygen atoms in total. The van der Waals surface area contributed by atoms with Crippen LogP contribution in [-0.2, 0) is 21.2 Å². The highest BCUT2D eigenvalue weighted by molar-refractivity contribution is 7.88. The van der Waals surface area contributed by atoms with E-state index in [1.165, 1.54) is 30.3 Å². The van der Waals surface area contributed by atoms with Gasteiger partial charge < -0.3 is 4.90 Å². The van der Waals surface area contributed by atoms with E-state index in [0.717, 1.165) is 11.2 Å². The Bertz CT molecular complexity index is 1190. The van der Waals surface area contributed by atoms with E-state index >= 15 is 4.39 Å². The minimum absolute atomic E-state index is 0.0294. The van der Waals surface area contributed by atoms with Crippen molar-refractivity contribution in [3.05, 3.63) is 59.7 Å². The van der Waals surface area contributed by atoms with Crippen LogP contribution in [0.5, 0.6) is 0 Å². The van der Waals surface area contributed by atoms with Gasteiger partial charge in [-0.25, -0.2) is 21.9 Å². The lowest BCUT2D eigenvalue weighted by Gasteiger charge is -2.30. The van der Waals surface area contributed by atoms with Crippen molar-refractivity contribution in [2.75, 3.05) is 12.8 Å². The summed E-state index contributed by atoms with van der Waals surface area (Å²) in [6, 6.07) is 8.06. The number of nitrogens with zero attached hydrogens (tertiary/aromatic N) is 1. The topological polar surface area (TPSA) is 66.5 Å². The van der Waals surface area contributed by atoms with Gasteiger partial charge in [-0.1, -0.05) is 30.3 Å². The summed E-state index contributed by atoms with van der Waals surface area (Å²) in [4.78, 5) is 13.6. The first kappa shape index (κ1) is 23.7. The molecule has 2 atom stereocenters. The summed E-state index contributed by atoms with van der Waals surface area (Å²) in [5.74, 6) is -6.29. The molecule has 1 heterocycles. The maximum atomic E-state index is 15.5. The number of halogens is 4. The molecule has 2 fully saturated rings. The van der Waals surface area contributed by atoms with Gasteiger partial charge in [-0.15, -0.1) is 0 Å². The number of hydrogen-bond acceptors (Lipinski definition) is 3. The fourth-order valence-corrected chi connectivity index (χ4v) is 5.62. The smallest absolute Gasteiger partial charge is 0.322 e. The second-order valence-corrected chi connectivity index (χ2v) is 10.9. The molecule has 178 valence electrons. The van der Waals surface area contributed by atoms with Crippen molar-refractivity contribution in [1.29, 1.82) is 0 Å². The van der Waals surface area contributed by atoms with Gasteiger partial charge in [0.2, 0.25) is 10.0 Å². The quantitative estimate of drug-likeness (QED) is 0.636. The van der Waals surface area contributed by atoms with Gasteiger partial charge >= 0.3 is 5.92 Å². The lowest BCUT2D eigenvalue weighted by molar-refractivity contribution is -0.156. The maximum Gasteiger partial charge on any atom is 0.322 e. The SMILES string of the molecule is CC(F)(F)C(=O)N1CC2(CC2)[C@H](NS(C)(=O)=O)[C@@H]1Cc1cccc(-c2cccc(F)c2)c1F. The van der Waals surface area contributed by atoms with E-state index in [1.807, 2.05) is 0 Å². The Balaban J connectivity index is 1.74. The second-order valence-electron chi connectivity index (χ2n) is 9.11. The predicted molar refractivity (Wildman–Crippen MR) is 115 cm³/mol. The molecule has 0 radical (unpaired) electrons. The summed E-state index contributed by atoms with van der Waals surface area (Å²) >= 11 is 0. The van der Waals surface area contributed by atoms with Crippen molar-refractivity contribution in [3.8, 4) is 11.1 Å². The molecule has 33 heavy (non-hydrogen) atoms. The van der Waals surface area contributed by atoms with Crippen LogP contribution in [0.25, 0.3) is 11.1 Å². The number of rotatable bonds is 6. The van der Waals surface area contributed by atoms with E-state index in [1.54, 1.807) is 12.1 Å². The molecule has 2 aromatic carbocycles. The first-order valence-electron chi connectivity index (χ1n) is 10.5. The lowest BCUT2D eigenvalue weighted by Crippen LogP contribution is -2.52. The minimum Gasteiger partial charge on any atom is -0.332 e. The van der Waals surface area contributed by atoms with E-state index in [4.69, 9.17) is 0 Å². The highest BCUT2D eigenvalue weighted by Gasteiger charge is 2.62. The van der Waals surface area contributed by atoms with Gasteiger partial charge in [-0.3, -0.25) is 4.79 Å². The fraction of sp³-hybridized carbons (Fsp3) is 0.435. The molecule has 1 N–H and O–H groups in total. The third-order valence-corrected chi connectivity index (χ3v) is 7.13. The molecule has 1 spiro atoms. The predicted octanol–water partition coefficient (Wildman–Crippen LogP) is 3.74. The summed E-state index contributed by atoms with van der Waals surface area (Å²) < 4.78 is 83.7. The van der Waals surface area contributed by atoms with Gasteiger partial charge in [0.25, 0.3) is 5.91 Å². The van der Waals surface area contributed by atoms with Gasteiger partial charge in [-0.2, -0.15) is 8.78 Å². The van der Waals surface area contributed by atoms with Crippen LogP contribution in [-0.4, -0.2) is 50.0 Å². The van der Waals surface area contributed by atoms with Gasteiger partial charge in [0.05, 0.1) is 12.3 Å². The van der Waals surface area contributed by atoms with Crippen LogP contribution >= 0.6 is 0 Å². The van der Waals surface area contributed by atoms with Gasteiger partial charge in [0.1, 0.15) is 11.6 Å². The van der Waals surface area contributed by atoms with Crippen LogP contribution in [0.1, 0.15) is 25.3 Å². The van der Waals surface area contributed by atoms with Gasteiger partial charge in [0.15, 0.2) is 0 Å². The highest BCUT2D eigenvalue weighted by atomic mass is 32.2. The van der Waals surface area contributed by atoms with Crippen LogP contribution in [0.3, 0.4) is 0 Å². The largest absolute Gasteiger partial charge is 0.332 e. The van der Waals surface area contributed by atoms with Crippen molar-refractivity contribution < 1.29 is 30.8 Å². The number of hydrogen-bond donors (Lipinski definition) is 1. The van der Waals surface area contributed by atoms with Crippen LogP contribution < -0.4 is 4.72 Å². The van der Waals surface area contributed by atoms with E-state index < -0.39 is 51.0 Å². The summed E-state index contributed by atoms with van der Waals surface area (Å²) in [7, 11) is -3.73. The summed E-state index contributed by atoms with van der Waals surface area (Å²) in [6.45, 7) is 0.465. The fourth-order valence-electron chi connectivity index (χ4n) is 4.75. The van der Waals surface area contributed by atoms with Crippen molar-refractivity contribution in [3.63, 3.8) is 0 Å². The number of likely N-dealkylation sites (tertiary alicyclic amines) is 1. The highest BCUT2D eigenvalue weighted by Crippen LogP contribution is 2.56. The summed E-state index contributed by atoms with van der Waals surface area (Å²) in [5, 5.41) is 0. The van der Waals surface area contributed by atoms with Crippen molar-refractivity contribution in [2.45, 2.75) is 44.2 Å². The Hall–Kier alpha value is -2.46. The molecular formula is C23H24F4N2O3S. The normalized spacial score (nSPS) is 22.1. The molecule has 0 aromatic heterocycles. The molecule has 4 rings (SSSR count). The van der Waals surface area contributed by atoms with E-state index in [-0.39, 0.29) is 24.1 Å². The maximum absolute atomic E-state index is 15.5. The zero-order valence-electron chi connectivity index (χ0n) is 18.1. The Morgan fingerprint density at radius 1 is 1.18 bits per heavy atom. The van der Waals surface area contributed by atoms with Crippen molar-refractivity contribution in [1.82, 2.24) is 9.62 Å². The minimum atomic E-state index is -3.73.